The molecule has 1 saturated carbocycles. The van der Waals surface area contributed by atoms with Crippen molar-refractivity contribution in [3.63, 3.8) is 0 Å². The van der Waals surface area contributed by atoms with E-state index < -0.39 is 0 Å². The van der Waals surface area contributed by atoms with Gasteiger partial charge in [-0.3, -0.25) is 9.59 Å². The van der Waals surface area contributed by atoms with Crippen LogP contribution >= 0.6 is 0 Å². The van der Waals surface area contributed by atoms with Gasteiger partial charge in [-0.2, -0.15) is 0 Å². The van der Waals surface area contributed by atoms with Gasteiger partial charge in [0.15, 0.2) is 0 Å². The van der Waals surface area contributed by atoms with E-state index in [2.05, 4.69) is 15.3 Å². The van der Waals surface area contributed by atoms with Gasteiger partial charge in [0.1, 0.15) is 11.4 Å². The van der Waals surface area contributed by atoms with Crippen molar-refractivity contribution < 1.29 is 14.3 Å². The lowest BCUT2D eigenvalue weighted by Crippen LogP contribution is -2.30. The van der Waals surface area contributed by atoms with Gasteiger partial charge in [0.05, 0.1) is 7.11 Å². The largest absolute Gasteiger partial charge is 0.486 e. The minimum atomic E-state index is -0.225. The van der Waals surface area contributed by atoms with Gasteiger partial charge in [-0.05, 0) is 74.9 Å². The normalized spacial score (nSPS) is 15.7. The summed E-state index contributed by atoms with van der Waals surface area (Å²) in [6.07, 6.45) is 6.92. The summed E-state index contributed by atoms with van der Waals surface area (Å²) in [5.41, 5.74) is 5.19. The number of carbonyl (C=O) groups is 1. The standard InChI is InChI=1S/C27H29N3O4/c1-16-10-17(2)30-26(32)22(16)15-29-25(31)19-11-20-13-27(8-4-5-9-27)34-24(20)21(12-19)18-6-7-23(33-3)28-14-18/h6-7,10-12,14H,4-5,8-9,13,15H2,1-3H3,(H,29,31)(H,30,32). The first kappa shape index (κ1) is 22.2. The highest BCUT2D eigenvalue weighted by Crippen LogP contribution is 2.49. The molecule has 1 fully saturated rings. The van der Waals surface area contributed by atoms with Crippen LogP contribution in [0.15, 0.2) is 41.3 Å². The first-order chi connectivity index (χ1) is 16.4. The fourth-order valence-corrected chi connectivity index (χ4v) is 5.22. The number of hydrogen-bond acceptors (Lipinski definition) is 5. The molecule has 0 atom stereocenters. The molecule has 176 valence electrons. The van der Waals surface area contributed by atoms with Crippen LogP contribution in [-0.4, -0.2) is 28.6 Å². The molecule has 1 aliphatic carbocycles. The second kappa shape index (κ2) is 8.63. The third kappa shape index (κ3) is 4.06. The topological polar surface area (TPSA) is 93.3 Å². The third-order valence-electron chi connectivity index (χ3n) is 6.95. The zero-order valence-electron chi connectivity index (χ0n) is 19.8. The SMILES string of the molecule is COc1ccc(-c2cc(C(=O)NCc3c(C)cc(C)[nH]c3=O)cc3c2OC2(CCCC2)C3)cn1. The molecular weight excluding hydrogens is 430 g/mol. The van der Waals surface area contributed by atoms with Crippen LogP contribution in [0.25, 0.3) is 11.1 Å². The van der Waals surface area contributed by atoms with Crippen LogP contribution in [-0.2, 0) is 13.0 Å². The second-order valence-corrected chi connectivity index (χ2v) is 9.40. The molecule has 0 radical (unpaired) electrons. The monoisotopic (exact) mass is 459 g/mol. The number of amides is 1. The number of benzene rings is 1. The van der Waals surface area contributed by atoms with Crippen molar-refractivity contribution in [1.29, 1.82) is 0 Å². The Hall–Kier alpha value is -3.61. The second-order valence-electron chi connectivity index (χ2n) is 9.40. The maximum atomic E-state index is 13.2. The average Bonchev–Trinajstić information content (AvgIpc) is 3.43. The molecule has 3 heterocycles. The Morgan fingerprint density at radius 3 is 2.68 bits per heavy atom. The number of ether oxygens (including phenoxy) is 2. The lowest BCUT2D eigenvalue weighted by atomic mass is 9.93. The Bertz CT molecular complexity index is 1300. The Labute approximate surface area is 198 Å². The summed E-state index contributed by atoms with van der Waals surface area (Å²) in [7, 11) is 1.58. The van der Waals surface area contributed by atoms with Crippen molar-refractivity contribution in [3.8, 4) is 22.8 Å². The maximum absolute atomic E-state index is 13.2. The molecular formula is C27H29N3O4. The molecule has 5 rings (SSSR count). The van der Waals surface area contributed by atoms with E-state index >= 15 is 0 Å². The number of methoxy groups -OCH3 is 1. The van der Waals surface area contributed by atoms with E-state index in [0.29, 0.717) is 17.0 Å². The molecule has 2 aromatic heterocycles. The highest BCUT2D eigenvalue weighted by atomic mass is 16.5. The Morgan fingerprint density at radius 2 is 2.00 bits per heavy atom. The summed E-state index contributed by atoms with van der Waals surface area (Å²) in [5, 5.41) is 2.93. The van der Waals surface area contributed by atoms with Gasteiger partial charge in [0.25, 0.3) is 11.5 Å². The molecule has 7 nitrogen and oxygen atoms in total. The minimum Gasteiger partial charge on any atom is -0.486 e. The molecule has 2 N–H and O–H groups in total. The van der Waals surface area contributed by atoms with E-state index in [4.69, 9.17) is 9.47 Å². The van der Waals surface area contributed by atoms with Crippen LogP contribution in [0.3, 0.4) is 0 Å². The summed E-state index contributed by atoms with van der Waals surface area (Å²) in [6.45, 7) is 3.89. The van der Waals surface area contributed by atoms with Gasteiger partial charge < -0.3 is 19.8 Å². The number of nitrogens with one attached hydrogen (secondary N) is 2. The highest BCUT2D eigenvalue weighted by Gasteiger charge is 2.43. The number of nitrogens with zero attached hydrogens (tertiary/aromatic N) is 1. The van der Waals surface area contributed by atoms with E-state index in [9.17, 15) is 9.59 Å². The van der Waals surface area contributed by atoms with Crippen molar-refractivity contribution in [1.82, 2.24) is 15.3 Å². The quantitative estimate of drug-likeness (QED) is 0.595. The van der Waals surface area contributed by atoms with Gasteiger partial charge in [-0.15, -0.1) is 0 Å². The summed E-state index contributed by atoms with van der Waals surface area (Å²) >= 11 is 0. The molecule has 2 aliphatic rings. The summed E-state index contributed by atoms with van der Waals surface area (Å²) < 4.78 is 11.8. The zero-order chi connectivity index (χ0) is 23.9. The van der Waals surface area contributed by atoms with Gasteiger partial charge in [-0.1, -0.05) is 0 Å². The van der Waals surface area contributed by atoms with E-state index in [-0.39, 0.29) is 23.6 Å². The number of aryl methyl sites for hydroxylation is 2. The minimum absolute atomic E-state index is 0.164. The number of pyridine rings is 2. The molecule has 0 bridgehead atoms. The number of carbonyl (C=O) groups excluding carboxylic acids is 1. The summed E-state index contributed by atoms with van der Waals surface area (Å²) in [5.74, 6) is 1.15. The summed E-state index contributed by atoms with van der Waals surface area (Å²) in [4.78, 5) is 32.7. The van der Waals surface area contributed by atoms with Crippen LogP contribution in [0.4, 0.5) is 0 Å². The van der Waals surface area contributed by atoms with Crippen LogP contribution < -0.4 is 20.3 Å². The number of aromatic amines is 1. The van der Waals surface area contributed by atoms with E-state index in [1.165, 1.54) is 0 Å². The molecule has 0 saturated heterocycles. The molecule has 3 aromatic rings. The summed E-state index contributed by atoms with van der Waals surface area (Å²) in [6, 6.07) is 9.44. The van der Waals surface area contributed by atoms with Crippen molar-refractivity contribution in [3.05, 3.63) is 74.8 Å². The van der Waals surface area contributed by atoms with E-state index in [1.54, 1.807) is 19.4 Å². The Morgan fingerprint density at radius 1 is 1.21 bits per heavy atom. The lowest BCUT2D eigenvalue weighted by Gasteiger charge is -2.23. The van der Waals surface area contributed by atoms with Gasteiger partial charge in [0.2, 0.25) is 5.88 Å². The van der Waals surface area contributed by atoms with Gasteiger partial charge in [-0.25, -0.2) is 4.98 Å². The molecule has 0 unspecified atom stereocenters. The Balaban J connectivity index is 1.48. The van der Waals surface area contributed by atoms with Crippen LogP contribution in [0.2, 0.25) is 0 Å². The third-order valence-corrected chi connectivity index (χ3v) is 6.95. The molecule has 1 spiro atoms. The fraction of sp³-hybridized carbons (Fsp3) is 0.370. The fourth-order valence-electron chi connectivity index (χ4n) is 5.22. The lowest BCUT2D eigenvalue weighted by molar-refractivity contribution is 0.0950. The van der Waals surface area contributed by atoms with Crippen molar-refractivity contribution in [2.75, 3.05) is 7.11 Å². The van der Waals surface area contributed by atoms with Crippen molar-refractivity contribution in [2.24, 2.45) is 0 Å². The molecule has 34 heavy (non-hydrogen) atoms. The predicted molar refractivity (Wildman–Crippen MR) is 129 cm³/mol. The smallest absolute Gasteiger partial charge is 0.253 e. The van der Waals surface area contributed by atoms with E-state index in [1.807, 2.05) is 38.1 Å². The first-order valence-corrected chi connectivity index (χ1v) is 11.7. The predicted octanol–water partition coefficient (Wildman–Crippen LogP) is 4.24. The van der Waals surface area contributed by atoms with Crippen molar-refractivity contribution in [2.45, 2.75) is 58.1 Å². The highest BCUT2D eigenvalue weighted by molar-refractivity contribution is 5.96. The van der Waals surface area contributed by atoms with Gasteiger partial charge in [0, 0.05) is 53.2 Å². The molecule has 1 aromatic carbocycles. The maximum Gasteiger partial charge on any atom is 0.253 e. The van der Waals surface area contributed by atoms with E-state index in [0.717, 1.165) is 65.8 Å². The van der Waals surface area contributed by atoms with Gasteiger partial charge >= 0.3 is 0 Å². The molecule has 1 aliphatic heterocycles. The number of rotatable bonds is 5. The first-order valence-electron chi connectivity index (χ1n) is 11.7. The average molecular weight is 460 g/mol. The number of fused-ring (bicyclic) bond motifs is 1. The van der Waals surface area contributed by atoms with Crippen LogP contribution in [0.5, 0.6) is 11.6 Å². The van der Waals surface area contributed by atoms with Crippen LogP contribution in [0, 0.1) is 13.8 Å². The number of H-pyrrole nitrogens is 1. The number of aromatic nitrogens is 2. The Kier molecular flexibility index (Phi) is 5.63. The molecule has 7 heteroatoms. The number of hydrogen-bond donors (Lipinski definition) is 2. The molecule has 1 amide bonds. The zero-order valence-corrected chi connectivity index (χ0v) is 19.8. The van der Waals surface area contributed by atoms with Crippen molar-refractivity contribution >= 4 is 5.91 Å². The van der Waals surface area contributed by atoms with Crippen LogP contribution in [0.1, 0.15) is 58.4 Å².